The van der Waals surface area contributed by atoms with Gasteiger partial charge >= 0.3 is 6.09 Å². The van der Waals surface area contributed by atoms with Gasteiger partial charge in [-0.05, 0) is 85.3 Å². The van der Waals surface area contributed by atoms with Crippen LogP contribution in [-0.2, 0) is 11.3 Å². The zero-order valence-electron chi connectivity index (χ0n) is 23.1. The van der Waals surface area contributed by atoms with Crippen LogP contribution in [0.4, 0.5) is 18.0 Å². The third-order valence-corrected chi connectivity index (χ3v) is 8.06. The number of fused-ring (bicyclic) bond motifs is 1. The van der Waals surface area contributed by atoms with Gasteiger partial charge in [-0.25, -0.2) is 18.0 Å². The largest absolute Gasteiger partial charge is 0.444 e. The molecule has 0 bridgehead atoms. The fraction of sp³-hybridized carbons (Fsp3) is 0.312. The Hall–Kier alpha value is -3.85. The summed E-state index contributed by atoms with van der Waals surface area (Å²) in [5.41, 5.74) is 3.39. The van der Waals surface area contributed by atoms with Crippen molar-refractivity contribution in [2.75, 3.05) is 13.1 Å². The predicted octanol–water partition coefficient (Wildman–Crippen LogP) is 8.27. The van der Waals surface area contributed by atoms with Crippen LogP contribution in [0, 0.1) is 5.82 Å². The second-order valence-corrected chi connectivity index (χ2v) is 12.4. The number of hydrogen-bond acceptors (Lipinski definition) is 4. The van der Waals surface area contributed by atoms with E-state index in [9.17, 15) is 22.8 Å². The molecule has 0 radical (unpaired) electrons. The van der Waals surface area contributed by atoms with Crippen molar-refractivity contribution in [3.63, 3.8) is 0 Å². The van der Waals surface area contributed by atoms with Crippen LogP contribution in [0.3, 0.4) is 0 Å². The summed E-state index contributed by atoms with van der Waals surface area (Å²) in [5, 5.41) is 3.76. The number of likely N-dealkylation sites (tertiary alicyclic amines) is 1. The van der Waals surface area contributed by atoms with Crippen molar-refractivity contribution in [2.45, 2.75) is 51.7 Å². The molecule has 214 valence electrons. The molecule has 1 aromatic heterocycles. The molecule has 9 heteroatoms. The monoisotopic (exact) mass is 580 g/mol. The lowest BCUT2D eigenvalue weighted by Gasteiger charge is -2.31. The van der Waals surface area contributed by atoms with Crippen LogP contribution < -0.4 is 5.32 Å². The molecular weight excluding hydrogens is 549 g/mol. The minimum atomic E-state index is -2.71. The summed E-state index contributed by atoms with van der Waals surface area (Å²) < 4.78 is 47.1. The number of thiophene rings is 1. The van der Waals surface area contributed by atoms with Crippen LogP contribution in [0.25, 0.3) is 32.3 Å². The molecule has 0 aliphatic carbocycles. The number of nitrogens with zero attached hydrogens (tertiary/aromatic N) is 1. The van der Waals surface area contributed by atoms with Gasteiger partial charge in [-0.3, -0.25) is 4.79 Å². The van der Waals surface area contributed by atoms with Crippen LogP contribution in [-0.4, -0.2) is 41.5 Å². The Balaban J connectivity index is 1.44. The molecule has 1 saturated heterocycles. The molecule has 0 spiro atoms. The summed E-state index contributed by atoms with van der Waals surface area (Å²) in [6.45, 7) is 5.79. The molecule has 5 rings (SSSR count). The topological polar surface area (TPSA) is 58.6 Å². The van der Waals surface area contributed by atoms with E-state index in [1.807, 2.05) is 30.3 Å². The number of benzene rings is 3. The average Bonchev–Trinajstić information content (AvgIpc) is 3.34. The van der Waals surface area contributed by atoms with E-state index in [-0.39, 0.29) is 37.7 Å². The Bertz CT molecular complexity index is 1570. The second-order valence-electron chi connectivity index (χ2n) is 11.2. The Morgan fingerprint density at radius 2 is 1.56 bits per heavy atom. The standard InChI is InChI=1S/C32H31F3N2O3S/c1-31(2,3)40-30(39)36-19-26-17-24-16-23(18-27(28(24)41-26)21-8-10-25(33)11-9-21)20-4-6-22(7-5-20)29(38)37-14-12-32(34,35)13-15-37/h4-11,16-18H,12-15,19H2,1-3H3,(H,36,39). The number of carbonyl (C=O) groups excluding carboxylic acids is 2. The summed E-state index contributed by atoms with van der Waals surface area (Å²) in [6.07, 6.45) is -1.14. The van der Waals surface area contributed by atoms with Gasteiger partial charge in [-0.15, -0.1) is 11.3 Å². The Morgan fingerprint density at radius 3 is 2.20 bits per heavy atom. The van der Waals surface area contributed by atoms with E-state index in [0.717, 1.165) is 37.2 Å². The quantitative estimate of drug-likeness (QED) is 0.259. The number of alkyl halides is 2. The summed E-state index contributed by atoms with van der Waals surface area (Å²) in [7, 11) is 0. The minimum absolute atomic E-state index is 0.0363. The van der Waals surface area contributed by atoms with Crippen molar-refractivity contribution in [1.82, 2.24) is 10.2 Å². The third kappa shape index (κ3) is 6.90. The Labute approximate surface area is 240 Å². The van der Waals surface area contributed by atoms with Crippen LogP contribution in [0.15, 0.2) is 66.7 Å². The first-order valence-corrected chi connectivity index (χ1v) is 14.3. The molecule has 5 nitrogen and oxygen atoms in total. The molecule has 4 aromatic rings. The van der Waals surface area contributed by atoms with Gasteiger partial charge in [0.1, 0.15) is 11.4 Å². The highest BCUT2D eigenvalue weighted by molar-refractivity contribution is 7.19. The van der Waals surface area contributed by atoms with Crippen LogP contribution in [0.5, 0.6) is 0 Å². The average molecular weight is 581 g/mol. The molecule has 0 atom stereocenters. The summed E-state index contributed by atoms with van der Waals surface area (Å²) in [6, 6.07) is 19.5. The van der Waals surface area contributed by atoms with Crippen molar-refractivity contribution >= 4 is 33.4 Å². The number of amides is 2. The molecule has 0 saturated carbocycles. The lowest BCUT2D eigenvalue weighted by Crippen LogP contribution is -2.42. The molecule has 2 amide bonds. The third-order valence-electron chi connectivity index (χ3n) is 6.88. The van der Waals surface area contributed by atoms with Crippen molar-refractivity contribution in [3.8, 4) is 22.3 Å². The number of halogens is 3. The molecule has 1 fully saturated rings. The zero-order chi connectivity index (χ0) is 29.4. The fourth-order valence-corrected chi connectivity index (χ4v) is 5.92. The molecule has 2 heterocycles. The maximum absolute atomic E-state index is 13.7. The number of nitrogens with one attached hydrogen (secondary N) is 1. The van der Waals surface area contributed by atoms with Crippen molar-refractivity contribution in [2.24, 2.45) is 0 Å². The minimum Gasteiger partial charge on any atom is -0.444 e. The number of ether oxygens (including phenoxy) is 1. The Morgan fingerprint density at radius 1 is 0.927 bits per heavy atom. The van der Waals surface area contributed by atoms with Gasteiger partial charge in [-0.2, -0.15) is 0 Å². The molecule has 0 unspecified atom stereocenters. The van der Waals surface area contributed by atoms with Gasteiger partial charge in [0.2, 0.25) is 0 Å². The first-order chi connectivity index (χ1) is 19.4. The van der Waals surface area contributed by atoms with Gasteiger partial charge in [0.25, 0.3) is 11.8 Å². The normalized spacial score (nSPS) is 15.1. The van der Waals surface area contributed by atoms with E-state index < -0.39 is 17.6 Å². The number of hydrogen-bond donors (Lipinski definition) is 1. The molecule has 1 aliphatic heterocycles. The van der Waals surface area contributed by atoms with Crippen LogP contribution >= 0.6 is 11.3 Å². The first kappa shape index (κ1) is 28.7. The maximum atomic E-state index is 13.7. The van der Waals surface area contributed by atoms with E-state index in [1.54, 1.807) is 56.4 Å². The Kier molecular flexibility index (Phi) is 7.83. The smallest absolute Gasteiger partial charge is 0.407 e. The molecule has 1 aliphatic rings. The lowest BCUT2D eigenvalue weighted by molar-refractivity contribution is -0.0494. The highest BCUT2D eigenvalue weighted by Gasteiger charge is 2.35. The van der Waals surface area contributed by atoms with E-state index in [2.05, 4.69) is 5.32 Å². The number of alkyl carbamates (subject to hydrolysis) is 1. The predicted molar refractivity (Wildman–Crippen MR) is 156 cm³/mol. The van der Waals surface area contributed by atoms with Crippen LogP contribution in [0.1, 0.15) is 48.8 Å². The lowest BCUT2D eigenvalue weighted by atomic mass is 9.96. The molecular formula is C32H31F3N2O3S. The fourth-order valence-electron chi connectivity index (χ4n) is 4.80. The first-order valence-electron chi connectivity index (χ1n) is 13.4. The van der Waals surface area contributed by atoms with E-state index in [1.165, 1.54) is 17.0 Å². The highest BCUT2D eigenvalue weighted by atomic mass is 32.1. The van der Waals surface area contributed by atoms with E-state index in [0.29, 0.717) is 12.1 Å². The summed E-state index contributed by atoms with van der Waals surface area (Å²) >= 11 is 1.54. The molecule has 3 aromatic carbocycles. The number of piperidine rings is 1. The zero-order valence-corrected chi connectivity index (χ0v) is 23.9. The van der Waals surface area contributed by atoms with Gasteiger partial charge in [0.15, 0.2) is 0 Å². The summed E-state index contributed by atoms with van der Waals surface area (Å²) in [5.74, 6) is -3.30. The van der Waals surface area contributed by atoms with Crippen molar-refractivity contribution < 1.29 is 27.5 Å². The molecule has 41 heavy (non-hydrogen) atoms. The molecule has 1 N–H and O–H groups in total. The highest BCUT2D eigenvalue weighted by Crippen LogP contribution is 2.39. The number of rotatable bonds is 5. The maximum Gasteiger partial charge on any atom is 0.407 e. The van der Waals surface area contributed by atoms with Gasteiger partial charge in [0.05, 0.1) is 6.54 Å². The van der Waals surface area contributed by atoms with Gasteiger partial charge in [0, 0.05) is 46.6 Å². The van der Waals surface area contributed by atoms with Gasteiger partial charge in [-0.1, -0.05) is 24.3 Å². The number of carbonyl (C=O) groups is 2. The second kappa shape index (κ2) is 11.2. The van der Waals surface area contributed by atoms with Crippen LogP contribution in [0.2, 0.25) is 0 Å². The van der Waals surface area contributed by atoms with Gasteiger partial charge < -0.3 is 15.0 Å². The van der Waals surface area contributed by atoms with E-state index >= 15 is 0 Å². The van der Waals surface area contributed by atoms with E-state index in [4.69, 9.17) is 4.74 Å². The summed E-state index contributed by atoms with van der Waals surface area (Å²) in [4.78, 5) is 27.5. The SMILES string of the molecule is CC(C)(C)OC(=O)NCc1cc2cc(-c3ccc(C(=O)N4CCC(F)(F)CC4)cc3)cc(-c3ccc(F)cc3)c2s1. The van der Waals surface area contributed by atoms with Crippen molar-refractivity contribution in [3.05, 3.63) is 83.0 Å². The van der Waals surface area contributed by atoms with Crippen molar-refractivity contribution in [1.29, 1.82) is 0 Å².